The SMILES string of the molecule is COc1ccc(/C(O)=C2/C(=O)C(=O)N(CCOC(C)C)C2c2cccc(C)c2)cc1Br. The van der Waals surface area contributed by atoms with E-state index in [2.05, 4.69) is 15.9 Å². The van der Waals surface area contributed by atoms with Crippen LogP contribution in [0.25, 0.3) is 5.76 Å². The molecule has 1 unspecified atom stereocenters. The van der Waals surface area contributed by atoms with Crippen molar-refractivity contribution in [1.82, 2.24) is 4.90 Å². The average Bonchev–Trinajstić information content (AvgIpc) is 2.98. The Labute approximate surface area is 190 Å². The lowest BCUT2D eigenvalue weighted by Gasteiger charge is -2.26. The van der Waals surface area contributed by atoms with Crippen molar-refractivity contribution in [2.45, 2.75) is 32.9 Å². The quantitative estimate of drug-likeness (QED) is 0.350. The lowest BCUT2D eigenvalue weighted by atomic mass is 9.94. The van der Waals surface area contributed by atoms with Crippen LogP contribution in [0.1, 0.15) is 36.6 Å². The van der Waals surface area contributed by atoms with E-state index in [1.54, 1.807) is 25.3 Å². The molecule has 1 aliphatic heterocycles. The molecule has 0 saturated carbocycles. The number of Topliss-reactive ketones (excluding diaryl/α,β-unsaturated/α-hetero) is 1. The van der Waals surface area contributed by atoms with E-state index in [0.717, 1.165) is 11.1 Å². The fourth-order valence-electron chi connectivity index (χ4n) is 3.65. The molecule has 1 amide bonds. The lowest BCUT2D eigenvalue weighted by Crippen LogP contribution is -2.33. The molecule has 1 atom stereocenters. The van der Waals surface area contributed by atoms with Crippen molar-refractivity contribution >= 4 is 33.4 Å². The van der Waals surface area contributed by atoms with Crippen LogP contribution in [0.15, 0.2) is 52.5 Å². The topological polar surface area (TPSA) is 76.1 Å². The molecule has 1 fully saturated rings. The molecule has 1 heterocycles. The summed E-state index contributed by atoms with van der Waals surface area (Å²) in [6, 6.07) is 11.9. The van der Waals surface area contributed by atoms with Crippen molar-refractivity contribution in [3.8, 4) is 5.75 Å². The van der Waals surface area contributed by atoms with Gasteiger partial charge in [0.25, 0.3) is 11.7 Å². The first-order valence-corrected chi connectivity index (χ1v) is 10.8. The van der Waals surface area contributed by atoms with Gasteiger partial charge in [-0.15, -0.1) is 0 Å². The minimum absolute atomic E-state index is 0.00545. The largest absolute Gasteiger partial charge is 0.507 e. The number of carbonyl (C=O) groups is 2. The van der Waals surface area contributed by atoms with Crippen molar-refractivity contribution in [3.63, 3.8) is 0 Å². The van der Waals surface area contributed by atoms with Crippen molar-refractivity contribution in [2.24, 2.45) is 0 Å². The summed E-state index contributed by atoms with van der Waals surface area (Å²) in [4.78, 5) is 27.4. The van der Waals surface area contributed by atoms with Crippen LogP contribution in [0, 0.1) is 6.92 Å². The van der Waals surface area contributed by atoms with E-state index in [9.17, 15) is 14.7 Å². The van der Waals surface area contributed by atoms with Crippen LogP contribution in [0.4, 0.5) is 0 Å². The van der Waals surface area contributed by atoms with Gasteiger partial charge in [0, 0.05) is 12.1 Å². The van der Waals surface area contributed by atoms with E-state index in [4.69, 9.17) is 9.47 Å². The van der Waals surface area contributed by atoms with Crippen LogP contribution in [0.5, 0.6) is 5.75 Å². The molecule has 0 spiro atoms. The van der Waals surface area contributed by atoms with Gasteiger partial charge in [0.2, 0.25) is 0 Å². The number of likely N-dealkylation sites (tertiary alicyclic amines) is 1. The monoisotopic (exact) mass is 487 g/mol. The van der Waals surface area contributed by atoms with Gasteiger partial charge in [-0.2, -0.15) is 0 Å². The molecule has 1 saturated heterocycles. The molecule has 0 bridgehead atoms. The average molecular weight is 488 g/mol. The lowest BCUT2D eigenvalue weighted by molar-refractivity contribution is -0.140. The predicted molar refractivity (Wildman–Crippen MR) is 122 cm³/mol. The highest BCUT2D eigenvalue weighted by Crippen LogP contribution is 2.40. The summed E-state index contributed by atoms with van der Waals surface area (Å²) in [5.41, 5.74) is 2.24. The van der Waals surface area contributed by atoms with Crippen LogP contribution < -0.4 is 4.74 Å². The van der Waals surface area contributed by atoms with Crippen LogP contribution in [0.3, 0.4) is 0 Å². The fourth-order valence-corrected chi connectivity index (χ4v) is 4.19. The van der Waals surface area contributed by atoms with Crippen molar-refractivity contribution in [3.05, 3.63) is 69.2 Å². The van der Waals surface area contributed by atoms with Gasteiger partial charge in [-0.25, -0.2) is 0 Å². The van der Waals surface area contributed by atoms with Crippen LogP contribution in [0.2, 0.25) is 0 Å². The minimum Gasteiger partial charge on any atom is -0.507 e. The molecule has 2 aromatic rings. The molecule has 164 valence electrons. The second-order valence-electron chi connectivity index (χ2n) is 7.68. The number of aliphatic hydroxyl groups is 1. The van der Waals surface area contributed by atoms with E-state index < -0.39 is 17.7 Å². The van der Waals surface area contributed by atoms with E-state index >= 15 is 0 Å². The minimum atomic E-state index is -0.708. The molecule has 1 aliphatic rings. The Hall–Kier alpha value is -2.64. The van der Waals surface area contributed by atoms with Crippen molar-refractivity contribution < 1.29 is 24.2 Å². The number of methoxy groups -OCH3 is 1. The van der Waals surface area contributed by atoms with Gasteiger partial charge in [0.05, 0.1) is 35.9 Å². The van der Waals surface area contributed by atoms with Gasteiger partial charge in [-0.3, -0.25) is 9.59 Å². The number of hydrogen-bond donors (Lipinski definition) is 1. The number of amides is 1. The first-order chi connectivity index (χ1) is 14.7. The van der Waals surface area contributed by atoms with Gasteiger partial charge in [0.15, 0.2) is 0 Å². The standard InChI is InChI=1S/C24H26BrNO5/c1-14(2)31-11-10-26-21(16-7-5-6-15(3)12-16)20(23(28)24(26)29)22(27)17-8-9-19(30-4)18(25)13-17/h5-9,12-14,21,27H,10-11H2,1-4H3/b22-20-. The second-order valence-corrected chi connectivity index (χ2v) is 8.53. The van der Waals surface area contributed by atoms with Crippen LogP contribution >= 0.6 is 15.9 Å². The maximum absolute atomic E-state index is 13.0. The predicted octanol–water partition coefficient (Wildman–Crippen LogP) is 4.61. The number of nitrogens with zero attached hydrogens (tertiary/aromatic N) is 1. The second kappa shape index (κ2) is 9.66. The first-order valence-electron chi connectivity index (χ1n) is 10.0. The Balaban J connectivity index is 2.11. The van der Waals surface area contributed by atoms with Crippen molar-refractivity contribution in [1.29, 1.82) is 0 Å². The van der Waals surface area contributed by atoms with Crippen LogP contribution in [-0.4, -0.2) is 48.1 Å². The maximum atomic E-state index is 13.0. The van der Waals surface area contributed by atoms with Gasteiger partial charge >= 0.3 is 0 Å². The summed E-state index contributed by atoms with van der Waals surface area (Å²) in [5, 5.41) is 11.1. The zero-order valence-corrected chi connectivity index (χ0v) is 19.6. The zero-order chi connectivity index (χ0) is 22.7. The Kier molecular flexibility index (Phi) is 7.18. The molecular weight excluding hydrogens is 462 g/mol. The summed E-state index contributed by atoms with van der Waals surface area (Å²) in [7, 11) is 1.54. The molecule has 0 aromatic heterocycles. The Bertz CT molecular complexity index is 1030. The summed E-state index contributed by atoms with van der Waals surface area (Å²) in [6.45, 7) is 6.30. The number of rotatable bonds is 7. The summed E-state index contributed by atoms with van der Waals surface area (Å²) < 4.78 is 11.5. The number of aliphatic hydroxyl groups excluding tert-OH is 1. The molecule has 3 rings (SSSR count). The maximum Gasteiger partial charge on any atom is 0.295 e. The van der Waals surface area contributed by atoms with Crippen LogP contribution in [-0.2, 0) is 14.3 Å². The smallest absolute Gasteiger partial charge is 0.295 e. The Morgan fingerprint density at radius 2 is 1.94 bits per heavy atom. The number of ketones is 1. The normalized spacial score (nSPS) is 18.1. The molecule has 31 heavy (non-hydrogen) atoms. The Morgan fingerprint density at radius 3 is 2.55 bits per heavy atom. The number of hydrogen-bond acceptors (Lipinski definition) is 5. The summed E-state index contributed by atoms with van der Waals surface area (Å²) >= 11 is 3.40. The van der Waals surface area contributed by atoms with Gasteiger partial charge in [0.1, 0.15) is 11.5 Å². The van der Waals surface area contributed by atoms with E-state index in [1.165, 1.54) is 4.90 Å². The van der Waals surface area contributed by atoms with Gasteiger partial charge in [-0.1, -0.05) is 29.8 Å². The Morgan fingerprint density at radius 1 is 1.19 bits per heavy atom. The number of benzene rings is 2. The molecular formula is C24H26BrNO5. The number of ether oxygens (including phenoxy) is 2. The fraction of sp³-hybridized carbons (Fsp3) is 0.333. The van der Waals surface area contributed by atoms with E-state index in [0.29, 0.717) is 22.4 Å². The third kappa shape index (κ3) is 4.83. The summed E-state index contributed by atoms with van der Waals surface area (Å²) in [5.74, 6) is -0.980. The number of halogens is 1. The highest BCUT2D eigenvalue weighted by Gasteiger charge is 2.46. The van der Waals surface area contributed by atoms with Gasteiger partial charge < -0.3 is 19.5 Å². The molecule has 7 heteroatoms. The molecule has 0 radical (unpaired) electrons. The highest BCUT2D eigenvalue weighted by molar-refractivity contribution is 9.10. The summed E-state index contributed by atoms with van der Waals surface area (Å²) in [6.07, 6.45) is 0.00545. The van der Waals surface area contributed by atoms with Crippen molar-refractivity contribution in [2.75, 3.05) is 20.3 Å². The molecule has 2 aromatic carbocycles. The molecule has 1 N–H and O–H groups in total. The molecule has 6 nitrogen and oxygen atoms in total. The first kappa shape index (κ1) is 23.0. The zero-order valence-electron chi connectivity index (χ0n) is 18.0. The third-order valence-corrected chi connectivity index (χ3v) is 5.73. The third-order valence-electron chi connectivity index (χ3n) is 5.11. The molecule has 0 aliphatic carbocycles. The number of aryl methyl sites for hydroxylation is 1. The highest BCUT2D eigenvalue weighted by atomic mass is 79.9. The van der Waals surface area contributed by atoms with Gasteiger partial charge in [-0.05, 0) is 60.5 Å². The van der Waals surface area contributed by atoms with E-state index in [-0.39, 0.29) is 24.0 Å². The van der Waals surface area contributed by atoms with E-state index in [1.807, 2.05) is 45.0 Å². The number of carbonyl (C=O) groups excluding carboxylic acids is 2.